The lowest BCUT2D eigenvalue weighted by atomic mass is 10.1. The van der Waals surface area contributed by atoms with Gasteiger partial charge in [-0.2, -0.15) is 4.72 Å². The van der Waals surface area contributed by atoms with Gasteiger partial charge in [0.2, 0.25) is 15.9 Å². The van der Waals surface area contributed by atoms with Gasteiger partial charge in [-0.05, 0) is 31.9 Å². The van der Waals surface area contributed by atoms with Gasteiger partial charge in [-0.25, -0.2) is 8.42 Å². The third-order valence-corrected chi connectivity index (χ3v) is 5.77. The Balaban J connectivity index is 2.36. The van der Waals surface area contributed by atoms with Gasteiger partial charge in [0.25, 0.3) is 0 Å². The number of sulfonamides is 1. The van der Waals surface area contributed by atoms with E-state index in [1.807, 2.05) is 6.92 Å². The van der Waals surface area contributed by atoms with Crippen LogP contribution >= 0.6 is 0 Å². The van der Waals surface area contributed by atoms with E-state index < -0.39 is 22.0 Å². The van der Waals surface area contributed by atoms with Crippen LogP contribution in [-0.4, -0.2) is 50.5 Å². The highest BCUT2D eigenvalue weighted by molar-refractivity contribution is 7.89. The highest BCUT2D eigenvalue weighted by Crippen LogP contribution is 2.10. The number of hydrogen-bond acceptors (Lipinski definition) is 5. The molecule has 30 heavy (non-hydrogen) atoms. The number of benzene rings is 1. The number of carbonyl (C=O) groups is 2. The van der Waals surface area contributed by atoms with E-state index >= 15 is 0 Å². The highest BCUT2D eigenvalue weighted by Gasteiger charge is 2.25. The number of aliphatic carboxylic acids is 1. The number of aryl methyl sites for hydroxylation is 1. The van der Waals surface area contributed by atoms with Gasteiger partial charge in [-0.15, -0.1) is 0 Å². The first-order chi connectivity index (χ1) is 14.1. The third kappa shape index (κ3) is 10.2. The van der Waals surface area contributed by atoms with Crippen molar-refractivity contribution in [3.05, 3.63) is 29.8 Å². The van der Waals surface area contributed by atoms with E-state index in [9.17, 15) is 23.1 Å². The Hall–Kier alpha value is -2.66. The summed E-state index contributed by atoms with van der Waals surface area (Å²) < 4.78 is 26.8. The summed E-state index contributed by atoms with van der Waals surface area (Å²) in [6, 6.07) is 4.56. The molecule has 1 aromatic rings. The van der Waals surface area contributed by atoms with Crippen molar-refractivity contribution in [3.8, 4) is 0 Å². The van der Waals surface area contributed by atoms with E-state index in [0.717, 1.165) is 31.2 Å². The number of aliphatic imine (C=N–C) groups is 1. The monoisotopic (exact) mass is 441 g/mol. The molecule has 1 atom stereocenters. The minimum absolute atomic E-state index is 0.0366. The predicted octanol–water partition coefficient (Wildman–Crippen LogP) is 0.457. The fourth-order valence-electron chi connectivity index (χ4n) is 2.59. The molecule has 11 heteroatoms. The molecule has 10 nitrogen and oxygen atoms in total. The van der Waals surface area contributed by atoms with Crippen LogP contribution in [0.2, 0.25) is 0 Å². The fourth-order valence-corrected chi connectivity index (χ4v) is 3.78. The maximum Gasteiger partial charge on any atom is 0.323 e. The molecular formula is C19H31N5O5S. The van der Waals surface area contributed by atoms with Gasteiger partial charge in [0.1, 0.15) is 6.04 Å². The zero-order valence-electron chi connectivity index (χ0n) is 17.1. The smallest absolute Gasteiger partial charge is 0.323 e. The van der Waals surface area contributed by atoms with Crippen LogP contribution in [-0.2, 0) is 19.6 Å². The van der Waals surface area contributed by atoms with Crippen LogP contribution in [0.4, 0.5) is 0 Å². The summed E-state index contributed by atoms with van der Waals surface area (Å²) in [6.07, 6.45) is 4.48. The van der Waals surface area contributed by atoms with E-state index in [1.165, 1.54) is 12.1 Å². The Labute approximate surface area is 177 Å². The SMILES string of the molecule is Cc1ccc(S(=O)(=O)NC(CNC(=O)CCCCCCCN=C(N)N)C(=O)O)cc1. The Kier molecular flexibility index (Phi) is 10.8. The molecule has 0 radical (unpaired) electrons. The summed E-state index contributed by atoms with van der Waals surface area (Å²) in [7, 11) is -4.01. The van der Waals surface area contributed by atoms with Crippen LogP contribution in [0.25, 0.3) is 0 Å². The lowest BCUT2D eigenvalue weighted by Crippen LogP contribution is -2.48. The normalized spacial score (nSPS) is 12.2. The van der Waals surface area contributed by atoms with Gasteiger partial charge >= 0.3 is 5.97 Å². The number of rotatable bonds is 14. The second-order valence-electron chi connectivity index (χ2n) is 6.95. The molecule has 0 aliphatic heterocycles. The first-order valence-electron chi connectivity index (χ1n) is 9.75. The summed E-state index contributed by atoms with van der Waals surface area (Å²) >= 11 is 0. The average molecular weight is 442 g/mol. The number of nitrogens with one attached hydrogen (secondary N) is 2. The van der Waals surface area contributed by atoms with Crippen molar-refractivity contribution in [2.45, 2.75) is 56.4 Å². The standard InChI is InChI=1S/C19H31N5O5S/c1-14-8-10-15(11-9-14)30(28,29)24-16(18(26)27)13-23-17(25)7-5-3-2-4-6-12-22-19(20)21/h8-11,16,24H,2-7,12-13H2,1H3,(H,23,25)(H,26,27)(H4,20,21,22). The highest BCUT2D eigenvalue weighted by atomic mass is 32.2. The molecule has 0 heterocycles. The molecule has 0 saturated carbocycles. The minimum atomic E-state index is -4.01. The summed E-state index contributed by atoms with van der Waals surface area (Å²) in [6.45, 7) is 2.06. The van der Waals surface area contributed by atoms with Crippen molar-refractivity contribution >= 4 is 27.9 Å². The molecule has 0 fully saturated rings. The maximum absolute atomic E-state index is 12.4. The van der Waals surface area contributed by atoms with Crippen molar-refractivity contribution in [3.63, 3.8) is 0 Å². The number of guanidine groups is 1. The van der Waals surface area contributed by atoms with Crippen LogP contribution in [0.5, 0.6) is 0 Å². The van der Waals surface area contributed by atoms with Crippen molar-refractivity contribution < 1.29 is 23.1 Å². The molecular weight excluding hydrogens is 410 g/mol. The average Bonchev–Trinajstić information content (AvgIpc) is 2.67. The fraction of sp³-hybridized carbons (Fsp3) is 0.526. The van der Waals surface area contributed by atoms with Crippen molar-refractivity contribution in [2.24, 2.45) is 16.5 Å². The summed E-state index contributed by atoms with van der Waals surface area (Å²) in [5.74, 6) is -1.62. The number of nitrogens with zero attached hydrogens (tertiary/aromatic N) is 1. The van der Waals surface area contributed by atoms with Gasteiger partial charge in [0.15, 0.2) is 5.96 Å². The number of amides is 1. The first kappa shape index (κ1) is 25.4. The molecule has 1 rings (SSSR count). The van der Waals surface area contributed by atoms with E-state index in [4.69, 9.17) is 11.5 Å². The number of nitrogens with two attached hydrogens (primary N) is 2. The van der Waals surface area contributed by atoms with Gasteiger partial charge in [0, 0.05) is 19.5 Å². The lowest BCUT2D eigenvalue weighted by molar-refractivity contribution is -0.138. The first-order valence-corrected chi connectivity index (χ1v) is 11.2. The van der Waals surface area contributed by atoms with E-state index in [1.54, 1.807) is 12.1 Å². The summed E-state index contributed by atoms with van der Waals surface area (Å²) in [4.78, 5) is 27.2. The van der Waals surface area contributed by atoms with Crippen LogP contribution in [0.3, 0.4) is 0 Å². The van der Waals surface area contributed by atoms with Crippen molar-refractivity contribution in [1.29, 1.82) is 0 Å². The van der Waals surface area contributed by atoms with Crippen LogP contribution < -0.4 is 21.5 Å². The Bertz CT molecular complexity index is 820. The zero-order chi connectivity index (χ0) is 22.6. The minimum Gasteiger partial charge on any atom is -0.480 e. The lowest BCUT2D eigenvalue weighted by Gasteiger charge is -2.16. The zero-order valence-corrected chi connectivity index (χ0v) is 18.0. The van der Waals surface area contributed by atoms with Gasteiger partial charge in [-0.3, -0.25) is 14.6 Å². The molecule has 1 aromatic carbocycles. The second-order valence-corrected chi connectivity index (χ2v) is 8.67. The molecule has 0 saturated heterocycles. The van der Waals surface area contributed by atoms with Crippen LogP contribution in [0.15, 0.2) is 34.2 Å². The molecule has 0 aliphatic rings. The summed E-state index contributed by atoms with van der Waals surface area (Å²) in [5.41, 5.74) is 11.3. The molecule has 0 aromatic heterocycles. The largest absolute Gasteiger partial charge is 0.480 e. The molecule has 0 spiro atoms. The Morgan fingerprint density at radius 2 is 1.67 bits per heavy atom. The number of carboxylic acid groups (broad SMARTS) is 1. The number of unbranched alkanes of at least 4 members (excludes halogenated alkanes) is 4. The third-order valence-electron chi connectivity index (χ3n) is 4.29. The molecule has 1 unspecified atom stereocenters. The molecule has 168 valence electrons. The van der Waals surface area contributed by atoms with Crippen LogP contribution in [0, 0.1) is 6.92 Å². The van der Waals surface area contributed by atoms with Crippen LogP contribution in [0.1, 0.15) is 44.1 Å². The van der Waals surface area contributed by atoms with Crippen molar-refractivity contribution in [2.75, 3.05) is 13.1 Å². The Morgan fingerprint density at radius 3 is 2.27 bits per heavy atom. The number of hydrogen-bond donors (Lipinski definition) is 5. The second kappa shape index (κ2) is 12.8. The number of carboxylic acids is 1. The van der Waals surface area contributed by atoms with Crippen molar-refractivity contribution in [1.82, 2.24) is 10.0 Å². The Morgan fingerprint density at radius 1 is 1.07 bits per heavy atom. The topological polar surface area (TPSA) is 177 Å². The van der Waals surface area contributed by atoms with E-state index in [-0.39, 0.29) is 29.7 Å². The van der Waals surface area contributed by atoms with E-state index in [0.29, 0.717) is 13.0 Å². The number of carbonyl (C=O) groups excluding carboxylic acids is 1. The summed E-state index contributed by atoms with van der Waals surface area (Å²) in [5, 5.41) is 11.8. The predicted molar refractivity (Wildman–Crippen MR) is 114 cm³/mol. The maximum atomic E-state index is 12.4. The quantitative estimate of drug-likeness (QED) is 0.158. The van der Waals surface area contributed by atoms with Gasteiger partial charge in [-0.1, -0.05) is 37.0 Å². The van der Waals surface area contributed by atoms with E-state index in [2.05, 4.69) is 15.0 Å². The molecule has 0 bridgehead atoms. The molecule has 7 N–H and O–H groups in total. The van der Waals surface area contributed by atoms with Gasteiger partial charge in [0.05, 0.1) is 4.90 Å². The molecule has 1 amide bonds. The molecule has 0 aliphatic carbocycles. The van der Waals surface area contributed by atoms with Gasteiger partial charge < -0.3 is 21.9 Å².